The van der Waals surface area contributed by atoms with Crippen LogP contribution in [0.15, 0.2) is 93.3 Å². The van der Waals surface area contributed by atoms with E-state index < -0.39 is 22.5 Å². The summed E-state index contributed by atoms with van der Waals surface area (Å²) in [6.07, 6.45) is 0. The average Bonchev–Trinajstić information content (AvgIpc) is 2.77. The minimum atomic E-state index is -3.95. The van der Waals surface area contributed by atoms with E-state index in [1.807, 2.05) is 30.3 Å². The monoisotopic (exact) mass is 499 g/mol. The second kappa shape index (κ2) is 9.89. The molecule has 0 aliphatic heterocycles. The highest BCUT2D eigenvalue weighted by Gasteiger charge is 2.28. The SMILES string of the molecule is C/C(=N/NC(=O)CN(c1ccccc1C)S(=O)(=O)c1ccccc1)c1ccc(Br)cc1. The van der Waals surface area contributed by atoms with E-state index in [2.05, 4.69) is 26.5 Å². The molecule has 0 spiro atoms. The second-order valence-corrected chi connectivity index (χ2v) is 9.63. The van der Waals surface area contributed by atoms with Gasteiger partial charge in [-0.25, -0.2) is 13.8 Å². The van der Waals surface area contributed by atoms with Gasteiger partial charge >= 0.3 is 0 Å². The van der Waals surface area contributed by atoms with Crippen molar-refractivity contribution in [3.63, 3.8) is 0 Å². The van der Waals surface area contributed by atoms with Crippen molar-refractivity contribution in [2.75, 3.05) is 10.8 Å². The maximum absolute atomic E-state index is 13.3. The number of carbonyl (C=O) groups excluding carboxylic acids is 1. The fourth-order valence-corrected chi connectivity index (χ4v) is 4.70. The number of carbonyl (C=O) groups is 1. The number of hydrazone groups is 1. The van der Waals surface area contributed by atoms with Crippen LogP contribution in [-0.2, 0) is 14.8 Å². The van der Waals surface area contributed by atoms with E-state index in [1.165, 1.54) is 12.1 Å². The molecule has 0 unspecified atom stereocenters. The fraction of sp³-hybridized carbons (Fsp3) is 0.130. The van der Waals surface area contributed by atoms with Crippen LogP contribution in [-0.4, -0.2) is 26.6 Å². The smallest absolute Gasteiger partial charge is 0.264 e. The first-order valence-corrected chi connectivity index (χ1v) is 11.7. The Morgan fingerprint density at radius 1 is 0.968 bits per heavy atom. The van der Waals surface area contributed by atoms with Gasteiger partial charge in [0.05, 0.1) is 16.3 Å². The van der Waals surface area contributed by atoms with Crippen molar-refractivity contribution in [2.45, 2.75) is 18.7 Å². The number of rotatable bonds is 7. The van der Waals surface area contributed by atoms with Crippen LogP contribution in [0.3, 0.4) is 0 Å². The number of nitrogens with one attached hydrogen (secondary N) is 1. The number of sulfonamides is 1. The van der Waals surface area contributed by atoms with E-state index in [9.17, 15) is 13.2 Å². The summed E-state index contributed by atoms with van der Waals surface area (Å²) in [7, 11) is -3.95. The highest BCUT2D eigenvalue weighted by atomic mass is 79.9. The first-order valence-electron chi connectivity index (χ1n) is 9.51. The van der Waals surface area contributed by atoms with Gasteiger partial charge in [0.15, 0.2) is 0 Å². The Balaban J connectivity index is 1.87. The molecule has 0 saturated heterocycles. The van der Waals surface area contributed by atoms with Crippen LogP contribution in [0.25, 0.3) is 0 Å². The van der Waals surface area contributed by atoms with Crippen molar-refractivity contribution < 1.29 is 13.2 Å². The Morgan fingerprint density at radius 3 is 2.23 bits per heavy atom. The molecular weight excluding hydrogens is 478 g/mol. The molecule has 6 nitrogen and oxygen atoms in total. The number of amides is 1. The van der Waals surface area contributed by atoms with Crippen molar-refractivity contribution in [1.82, 2.24) is 5.43 Å². The second-order valence-electron chi connectivity index (χ2n) is 6.85. The molecule has 0 radical (unpaired) electrons. The third-order valence-electron chi connectivity index (χ3n) is 4.61. The fourth-order valence-electron chi connectivity index (χ4n) is 2.93. The molecule has 1 amide bonds. The molecule has 0 fully saturated rings. The predicted octanol–water partition coefficient (Wildman–Crippen LogP) is 4.49. The lowest BCUT2D eigenvalue weighted by molar-refractivity contribution is -0.119. The zero-order valence-corrected chi connectivity index (χ0v) is 19.5. The van der Waals surface area contributed by atoms with E-state index >= 15 is 0 Å². The predicted molar refractivity (Wildman–Crippen MR) is 127 cm³/mol. The average molecular weight is 500 g/mol. The van der Waals surface area contributed by atoms with Crippen molar-refractivity contribution >= 4 is 43.3 Å². The Labute approximate surface area is 190 Å². The number of halogens is 1. The van der Waals surface area contributed by atoms with Gasteiger partial charge in [0.25, 0.3) is 15.9 Å². The lowest BCUT2D eigenvalue weighted by atomic mass is 10.1. The molecule has 0 atom stereocenters. The summed E-state index contributed by atoms with van der Waals surface area (Å²) in [5.41, 5.74) is 5.10. The molecule has 0 bridgehead atoms. The number of benzene rings is 3. The van der Waals surface area contributed by atoms with Gasteiger partial charge in [0.2, 0.25) is 0 Å². The molecule has 0 aromatic heterocycles. The number of anilines is 1. The number of para-hydroxylation sites is 1. The molecule has 160 valence electrons. The molecule has 0 aliphatic carbocycles. The summed E-state index contributed by atoms with van der Waals surface area (Å²) in [4.78, 5) is 12.8. The van der Waals surface area contributed by atoms with Gasteiger partial charge in [-0.05, 0) is 55.3 Å². The Hall–Kier alpha value is -2.97. The first-order chi connectivity index (χ1) is 14.8. The van der Waals surface area contributed by atoms with Crippen LogP contribution in [0.2, 0.25) is 0 Å². The molecule has 3 rings (SSSR count). The van der Waals surface area contributed by atoms with Crippen molar-refractivity contribution in [1.29, 1.82) is 0 Å². The molecule has 3 aromatic carbocycles. The number of nitrogens with zero attached hydrogens (tertiary/aromatic N) is 2. The number of hydrogen-bond donors (Lipinski definition) is 1. The minimum Gasteiger partial charge on any atom is -0.271 e. The number of hydrogen-bond acceptors (Lipinski definition) is 4. The molecule has 0 saturated carbocycles. The van der Waals surface area contributed by atoms with E-state index in [0.717, 1.165) is 19.9 Å². The molecular formula is C23H22BrN3O3S. The van der Waals surface area contributed by atoms with Gasteiger partial charge in [-0.1, -0.05) is 64.5 Å². The molecule has 1 N–H and O–H groups in total. The van der Waals surface area contributed by atoms with Crippen LogP contribution in [0, 0.1) is 6.92 Å². The molecule has 31 heavy (non-hydrogen) atoms. The van der Waals surface area contributed by atoms with Gasteiger partial charge in [-0.3, -0.25) is 9.10 Å². The van der Waals surface area contributed by atoms with Crippen molar-refractivity contribution in [3.05, 3.63) is 94.5 Å². The summed E-state index contributed by atoms with van der Waals surface area (Å²) >= 11 is 3.38. The Bertz CT molecular complexity index is 1190. The van der Waals surface area contributed by atoms with Crippen molar-refractivity contribution in [3.8, 4) is 0 Å². The summed E-state index contributed by atoms with van der Waals surface area (Å²) in [6.45, 7) is 3.17. The summed E-state index contributed by atoms with van der Waals surface area (Å²) in [5.74, 6) is -0.542. The summed E-state index contributed by atoms with van der Waals surface area (Å²) < 4.78 is 28.7. The standard InChI is InChI=1S/C23H22BrN3O3S/c1-17-8-6-7-11-22(17)27(31(29,30)21-9-4-3-5-10-21)16-23(28)26-25-18(2)19-12-14-20(24)15-13-19/h3-15H,16H2,1-2H3,(H,26,28)/b25-18-. The van der Waals surface area contributed by atoms with E-state index in [4.69, 9.17) is 0 Å². The van der Waals surface area contributed by atoms with Crippen LogP contribution in [0.5, 0.6) is 0 Å². The minimum absolute atomic E-state index is 0.112. The first kappa shape index (κ1) is 22.7. The van der Waals surface area contributed by atoms with E-state index in [1.54, 1.807) is 50.2 Å². The number of aryl methyl sites for hydroxylation is 1. The van der Waals surface area contributed by atoms with E-state index in [0.29, 0.717) is 11.4 Å². The highest BCUT2D eigenvalue weighted by molar-refractivity contribution is 9.10. The maximum Gasteiger partial charge on any atom is 0.264 e. The lowest BCUT2D eigenvalue weighted by Gasteiger charge is -2.25. The van der Waals surface area contributed by atoms with Crippen molar-refractivity contribution in [2.24, 2.45) is 5.10 Å². The van der Waals surface area contributed by atoms with Gasteiger partial charge in [-0.2, -0.15) is 5.10 Å². The maximum atomic E-state index is 13.3. The topological polar surface area (TPSA) is 78.8 Å². The molecule has 0 aliphatic rings. The zero-order valence-electron chi connectivity index (χ0n) is 17.1. The molecule has 3 aromatic rings. The third-order valence-corrected chi connectivity index (χ3v) is 6.92. The normalized spacial score (nSPS) is 11.8. The third kappa shape index (κ3) is 5.59. The zero-order chi connectivity index (χ0) is 22.4. The molecule has 0 heterocycles. The quantitative estimate of drug-likeness (QED) is 0.384. The Kier molecular flexibility index (Phi) is 7.25. The van der Waals surface area contributed by atoms with Crippen LogP contribution >= 0.6 is 15.9 Å². The largest absolute Gasteiger partial charge is 0.271 e. The highest BCUT2D eigenvalue weighted by Crippen LogP contribution is 2.26. The summed E-state index contributed by atoms with van der Waals surface area (Å²) in [6, 6.07) is 22.6. The van der Waals surface area contributed by atoms with Gasteiger partial charge in [0, 0.05) is 4.47 Å². The Morgan fingerprint density at radius 2 is 1.58 bits per heavy atom. The van der Waals surface area contributed by atoms with Gasteiger partial charge < -0.3 is 0 Å². The van der Waals surface area contributed by atoms with Crippen LogP contribution in [0.1, 0.15) is 18.1 Å². The van der Waals surface area contributed by atoms with E-state index in [-0.39, 0.29) is 4.90 Å². The van der Waals surface area contributed by atoms with Crippen LogP contribution in [0.4, 0.5) is 5.69 Å². The van der Waals surface area contributed by atoms with Gasteiger partial charge in [-0.15, -0.1) is 0 Å². The molecule has 8 heteroatoms. The van der Waals surface area contributed by atoms with Crippen LogP contribution < -0.4 is 9.73 Å². The lowest BCUT2D eigenvalue weighted by Crippen LogP contribution is -2.40. The van der Waals surface area contributed by atoms with Gasteiger partial charge in [0.1, 0.15) is 6.54 Å². The summed E-state index contributed by atoms with van der Waals surface area (Å²) in [5, 5.41) is 4.13.